The van der Waals surface area contributed by atoms with Crippen LogP contribution in [-0.4, -0.2) is 51.1 Å². The number of esters is 1. The molecule has 0 radical (unpaired) electrons. The van der Waals surface area contributed by atoms with Gasteiger partial charge in [-0.15, -0.1) is 0 Å². The molecule has 0 aliphatic heterocycles. The summed E-state index contributed by atoms with van der Waals surface area (Å²) in [5.41, 5.74) is 8.67. The Kier molecular flexibility index (Phi) is 8.03. The number of likely N-dealkylation sites (N-methyl/N-ethyl adjacent to an activating group) is 1. The number of ether oxygens (including phenoxy) is 2. The minimum absolute atomic E-state index is 0.00621. The number of hydrogen-bond donors (Lipinski definition) is 3. The largest absolute Gasteiger partial charge is 0.492 e. The van der Waals surface area contributed by atoms with Crippen LogP contribution in [0, 0.1) is 5.41 Å². The second-order valence-corrected chi connectivity index (χ2v) is 6.97. The van der Waals surface area contributed by atoms with Crippen molar-refractivity contribution in [1.29, 1.82) is 5.41 Å². The van der Waals surface area contributed by atoms with E-state index in [4.69, 9.17) is 20.6 Å². The molecule has 29 heavy (non-hydrogen) atoms. The number of carbonyl (C=O) groups is 1. The Morgan fingerprint density at radius 1 is 1.21 bits per heavy atom. The number of nitrogens with one attached hydrogen (secondary N) is 2. The highest BCUT2D eigenvalue weighted by atomic mass is 16.5. The van der Waals surface area contributed by atoms with Crippen LogP contribution in [0.3, 0.4) is 0 Å². The molecule has 0 spiro atoms. The first-order chi connectivity index (χ1) is 13.8. The molecule has 1 unspecified atom stereocenters. The van der Waals surface area contributed by atoms with E-state index < -0.39 is 12.0 Å². The Labute approximate surface area is 172 Å². The molecule has 0 saturated carbocycles. The van der Waals surface area contributed by atoms with Crippen LogP contribution in [0.5, 0.6) is 5.75 Å². The fourth-order valence-electron chi connectivity index (χ4n) is 2.81. The maximum atomic E-state index is 12.6. The number of nitrogens with two attached hydrogens (primary N) is 1. The Morgan fingerprint density at radius 2 is 1.90 bits per heavy atom. The number of nitrogens with zero attached hydrogens (tertiary/aromatic N) is 1. The zero-order valence-electron chi connectivity index (χ0n) is 17.5. The first kappa shape index (κ1) is 22.2. The lowest BCUT2D eigenvalue weighted by Gasteiger charge is -2.22. The minimum Gasteiger partial charge on any atom is -0.492 e. The van der Waals surface area contributed by atoms with Gasteiger partial charge in [0, 0.05) is 23.4 Å². The molecular formula is C22H30N4O3. The molecule has 7 heteroatoms. The van der Waals surface area contributed by atoms with Gasteiger partial charge in [0.1, 0.15) is 18.2 Å². The van der Waals surface area contributed by atoms with Gasteiger partial charge in [-0.3, -0.25) is 5.41 Å². The quantitative estimate of drug-likeness (QED) is 0.323. The number of benzene rings is 2. The van der Waals surface area contributed by atoms with E-state index in [9.17, 15) is 4.79 Å². The predicted octanol–water partition coefficient (Wildman–Crippen LogP) is 2.80. The summed E-state index contributed by atoms with van der Waals surface area (Å²) in [7, 11) is 5.33. The molecule has 0 bridgehead atoms. The van der Waals surface area contributed by atoms with Crippen molar-refractivity contribution in [2.24, 2.45) is 5.73 Å². The van der Waals surface area contributed by atoms with Crippen LogP contribution in [0.4, 0.5) is 5.69 Å². The maximum Gasteiger partial charge on any atom is 0.333 e. The highest BCUT2D eigenvalue weighted by Crippen LogP contribution is 2.31. The van der Waals surface area contributed by atoms with Crippen LogP contribution < -0.4 is 15.8 Å². The molecule has 0 amide bonds. The third-order valence-corrected chi connectivity index (χ3v) is 4.53. The Bertz CT molecular complexity index is 834. The van der Waals surface area contributed by atoms with Crippen molar-refractivity contribution < 1.29 is 14.3 Å². The van der Waals surface area contributed by atoms with Gasteiger partial charge in [-0.1, -0.05) is 13.0 Å². The molecule has 2 rings (SSSR count). The van der Waals surface area contributed by atoms with Gasteiger partial charge in [-0.25, -0.2) is 4.79 Å². The van der Waals surface area contributed by atoms with E-state index in [0.717, 1.165) is 24.1 Å². The van der Waals surface area contributed by atoms with Crippen molar-refractivity contribution in [3.8, 4) is 5.75 Å². The monoisotopic (exact) mass is 398 g/mol. The lowest BCUT2D eigenvalue weighted by Crippen LogP contribution is -2.24. The number of carbonyl (C=O) groups excluding carboxylic acids is 1. The summed E-state index contributed by atoms with van der Waals surface area (Å²) >= 11 is 0. The molecule has 2 aromatic rings. The van der Waals surface area contributed by atoms with Gasteiger partial charge in [0.2, 0.25) is 0 Å². The van der Waals surface area contributed by atoms with E-state index >= 15 is 0 Å². The van der Waals surface area contributed by atoms with Crippen LogP contribution in [0.2, 0.25) is 0 Å². The normalized spacial score (nSPS) is 11.8. The summed E-state index contributed by atoms with van der Waals surface area (Å²) in [6.07, 6.45) is 0.839. The topological polar surface area (TPSA) is 101 Å². The second kappa shape index (κ2) is 10.5. The van der Waals surface area contributed by atoms with E-state index in [1.807, 2.05) is 37.2 Å². The molecular weight excluding hydrogens is 368 g/mol. The van der Waals surface area contributed by atoms with Crippen LogP contribution in [-0.2, 0) is 16.0 Å². The summed E-state index contributed by atoms with van der Waals surface area (Å²) < 4.78 is 11.0. The molecule has 4 N–H and O–H groups in total. The van der Waals surface area contributed by atoms with Crippen LogP contribution in [0.15, 0.2) is 42.5 Å². The Balaban J connectivity index is 2.36. The fraction of sp³-hybridized carbons (Fsp3) is 0.364. The third kappa shape index (κ3) is 6.22. The predicted molar refractivity (Wildman–Crippen MR) is 116 cm³/mol. The van der Waals surface area contributed by atoms with Crippen molar-refractivity contribution in [3.63, 3.8) is 0 Å². The van der Waals surface area contributed by atoms with E-state index in [2.05, 4.69) is 12.2 Å². The second-order valence-electron chi connectivity index (χ2n) is 6.97. The minimum atomic E-state index is -0.732. The van der Waals surface area contributed by atoms with E-state index in [-0.39, 0.29) is 5.84 Å². The number of aryl methyl sites for hydroxylation is 1. The van der Waals surface area contributed by atoms with Gasteiger partial charge in [0.05, 0.1) is 7.11 Å². The fourth-order valence-corrected chi connectivity index (χ4v) is 2.81. The Morgan fingerprint density at radius 3 is 2.45 bits per heavy atom. The maximum absolute atomic E-state index is 12.6. The molecule has 1 atom stereocenters. The van der Waals surface area contributed by atoms with Gasteiger partial charge >= 0.3 is 5.97 Å². The average molecular weight is 399 g/mol. The van der Waals surface area contributed by atoms with Gasteiger partial charge in [0.15, 0.2) is 6.04 Å². The van der Waals surface area contributed by atoms with Crippen molar-refractivity contribution in [3.05, 3.63) is 59.2 Å². The number of rotatable bonds is 10. The summed E-state index contributed by atoms with van der Waals surface area (Å²) in [6, 6.07) is 12.2. The number of anilines is 1. The van der Waals surface area contributed by atoms with Gasteiger partial charge in [0.25, 0.3) is 0 Å². The number of hydrogen-bond acceptors (Lipinski definition) is 6. The van der Waals surface area contributed by atoms with Crippen molar-refractivity contribution in [2.45, 2.75) is 19.4 Å². The molecule has 2 aromatic carbocycles. The average Bonchev–Trinajstić information content (AvgIpc) is 2.71. The molecule has 0 heterocycles. The highest BCUT2D eigenvalue weighted by molar-refractivity contribution is 5.95. The van der Waals surface area contributed by atoms with Gasteiger partial charge in [-0.05, 0) is 62.5 Å². The SMILES string of the molecule is CCc1ccc(OCCN(C)C)c(C(Nc2ccc(C(=N)N)cc2)C(=O)OC)c1. The number of amidine groups is 1. The highest BCUT2D eigenvalue weighted by Gasteiger charge is 2.25. The summed E-state index contributed by atoms with van der Waals surface area (Å²) in [5, 5.41) is 10.7. The summed E-state index contributed by atoms with van der Waals surface area (Å²) in [6.45, 7) is 3.33. The molecule has 0 aliphatic carbocycles. The van der Waals surface area contributed by atoms with E-state index in [1.165, 1.54) is 7.11 Å². The molecule has 0 saturated heterocycles. The molecule has 0 fully saturated rings. The smallest absolute Gasteiger partial charge is 0.333 e. The lowest BCUT2D eigenvalue weighted by molar-refractivity contribution is -0.141. The third-order valence-electron chi connectivity index (χ3n) is 4.53. The molecule has 0 aliphatic rings. The Hall–Kier alpha value is -3.06. The summed E-state index contributed by atoms with van der Waals surface area (Å²) in [4.78, 5) is 14.7. The van der Waals surface area contributed by atoms with Crippen molar-refractivity contribution >= 4 is 17.5 Å². The first-order valence-corrected chi connectivity index (χ1v) is 9.54. The van der Waals surface area contributed by atoms with Crippen molar-refractivity contribution in [1.82, 2.24) is 4.90 Å². The first-order valence-electron chi connectivity index (χ1n) is 9.54. The number of nitrogen functional groups attached to an aromatic ring is 1. The van der Waals surface area contributed by atoms with E-state index in [0.29, 0.717) is 23.6 Å². The van der Waals surface area contributed by atoms with Crippen LogP contribution in [0.1, 0.15) is 29.7 Å². The van der Waals surface area contributed by atoms with E-state index in [1.54, 1.807) is 24.3 Å². The standard InChI is InChI=1S/C22H30N4O3/c1-5-15-6-11-19(29-13-12-26(2)3)18(14-15)20(22(27)28-4)25-17-9-7-16(8-10-17)21(23)24/h6-11,14,20,25H,5,12-13H2,1-4H3,(H3,23,24). The zero-order valence-corrected chi connectivity index (χ0v) is 17.5. The number of methoxy groups -OCH3 is 1. The molecule has 0 aromatic heterocycles. The van der Waals surface area contributed by atoms with Crippen molar-refractivity contribution in [2.75, 3.05) is 39.7 Å². The molecule has 156 valence electrons. The van der Waals surface area contributed by atoms with Crippen LogP contribution in [0.25, 0.3) is 0 Å². The van der Waals surface area contributed by atoms with Gasteiger partial charge in [-0.2, -0.15) is 0 Å². The zero-order chi connectivity index (χ0) is 21.4. The summed E-state index contributed by atoms with van der Waals surface area (Å²) in [5.74, 6) is 0.229. The lowest BCUT2D eigenvalue weighted by atomic mass is 10.0. The molecule has 7 nitrogen and oxygen atoms in total. The van der Waals surface area contributed by atoms with Crippen LogP contribution >= 0.6 is 0 Å². The van der Waals surface area contributed by atoms with Gasteiger partial charge < -0.3 is 25.4 Å².